The van der Waals surface area contributed by atoms with Gasteiger partial charge in [-0.2, -0.15) is 0 Å². The number of nitrogens with one attached hydrogen (secondary N) is 1. The predicted molar refractivity (Wildman–Crippen MR) is 118 cm³/mol. The molecule has 3 aromatic carbocycles. The van der Waals surface area contributed by atoms with Gasteiger partial charge in [-0.15, -0.1) is 0 Å². The van der Waals surface area contributed by atoms with Crippen molar-refractivity contribution in [2.75, 3.05) is 17.2 Å². The van der Waals surface area contributed by atoms with E-state index in [9.17, 15) is 14.4 Å². The number of nitrogens with zero attached hydrogens (tertiary/aromatic N) is 3. The van der Waals surface area contributed by atoms with E-state index in [0.29, 0.717) is 30.8 Å². The molecule has 0 aliphatic carbocycles. The number of aromatic nitrogens is 2. The Morgan fingerprint density at radius 3 is 2.68 bits per heavy atom. The van der Waals surface area contributed by atoms with Crippen LogP contribution in [0.4, 0.5) is 11.4 Å². The van der Waals surface area contributed by atoms with E-state index < -0.39 is 10.9 Å². The van der Waals surface area contributed by atoms with Crippen molar-refractivity contribution in [3.8, 4) is 0 Å². The zero-order chi connectivity index (χ0) is 21.5. The maximum absolute atomic E-state index is 12.5. The molecule has 1 aliphatic rings. The number of hydrogen-bond acceptors (Lipinski definition) is 7. The summed E-state index contributed by atoms with van der Waals surface area (Å²) in [5, 5.41) is 2.88. The Kier molecular flexibility index (Phi) is 4.47. The lowest BCUT2D eigenvalue weighted by Gasteiger charge is -2.32. The number of hydrogen-bond donors (Lipinski definition) is 2. The third-order valence-electron chi connectivity index (χ3n) is 5.65. The highest BCUT2D eigenvalue weighted by Gasteiger charge is 2.26. The second kappa shape index (κ2) is 7.32. The first-order chi connectivity index (χ1) is 15.0. The van der Waals surface area contributed by atoms with E-state index in [4.69, 9.17) is 5.73 Å². The molecule has 1 amide bonds. The lowest BCUT2D eigenvalue weighted by Crippen LogP contribution is -2.44. The van der Waals surface area contributed by atoms with Crippen LogP contribution in [0.25, 0.3) is 11.0 Å². The van der Waals surface area contributed by atoms with E-state index in [1.807, 2.05) is 47.4 Å². The Bertz CT molecular complexity index is 1400. The number of para-hydroxylation sites is 2. The summed E-state index contributed by atoms with van der Waals surface area (Å²) >= 11 is 0. The summed E-state index contributed by atoms with van der Waals surface area (Å²) in [6, 6.07) is 13.4. The minimum atomic E-state index is -0.603. The van der Waals surface area contributed by atoms with Crippen molar-refractivity contribution in [3.63, 3.8) is 0 Å². The van der Waals surface area contributed by atoms with Gasteiger partial charge < -0.3 is 16.0 Å². The number of nitrogen functional groups attached to an aromatic ring is 1. The molecule has 0 fully saturated rings. The largest absolute Gasteiger partial charge is 0.394 e. The molecular formula is C23H19N5O3. The summed E-state index contributed by atoms with van der Waals surface area (Å²) in [7, 11) is 0. The lowest BCUT2D eigenvalue weighted by molar-refractivity contribution is 0.0946. The lowest BCUT2D eigenvalue weighted by atomic mass is 9.96. The maximum atomic E-state index is 12.5. The van der Waals surface area contributed by atoms with Crippen LogP contribution in [0.3, 0.4) is 0 Å². The van der Waals surface area contributed by atoms with Crippen molar-refractivity contribution in [1.29, 1.82) is 0 Å². The molecule has 31 heavy (non-hydrogen) atoms. The van der Waals surface area contributed by atoms with Gasteiger partial charge in [0.25, 0.3) is 16.8 Å². The molecule has 1 aliphatic heterocycles. The summed E-state index contributed by atoms with van der Waals surface area (Å²) < 4.78 is 0. The fourth-order valence-corrected chi connectivity index (χ4v) is 3.96. The number of carbonyl (C=O) groups is 1. The Morgan fingerprint density at radius 2 is 1.87 bits per heavy atom. The van der Waals surface area contributed by atoms with Crippen molar-refractivity contribution < 1.29 is 4.79 Å². The van der Waals surface area contributed by atoms with Gasteiger partial charge in [0.15, 0.2) is 0 Å². The Morgan fingerprint density at radius 1 is 1.06 bits per heavy atom. The van der Waals surface area contributed by atoms with Gasteiger partial charge in [-0.3, -0.25) is 19.4 Å². The molecule has 154 valence electrons. The Hall–Kier alpha value is -4.07. The van der Waals surface area contributed by atoms with Crippen LogP contribution >= 0.6 is 0 Å². The number of benzene rings is 2. The molecule has 0 bridgehead atoms. The summed E-state index contributed by atoms with van der Waals surface area (Å²) in [5.74, 6) is -0.297. The summed E-state index contributed by atoms with van der Waals surface area (Å²) in [4.78, 5) is 46.3. The van der Waals surface area contributed by atoms with E-state index in [1.165, 1.54) is 11.8 Å². The maximum Gasteiger partial charge on any atom is 0.271 e. The molecule has 0 atom stereocenters. The number of fused-ring (bicyclic) bond motifs is 2. The fraction of sp³-hybridized carbons (Fsp3) is 0.174. The smallest absolute Gasteiger partial charge is 0.271 e. The molecule has 8 nitrogen and oxygen atoms in total. The molecule has 4 aromatic rings. The summed E-state index contributed by atoms with van der Waals surface area (Å²) in [6.45, 7) is 1.48. The Labute approximate surface area is 177 Å². The number of carbonyl (C=O) groups excluding carboxylic acids is 1. The van der Waals surface area contributed by atoms with Crippen molar-refractivity contribution >= 4 is 28.3 Å². The molecule has 5 rings (SSSR count). The second-order valence-electron chi connectivity index (χ2n) is 7.62. The molecule has 0 saturated heterocycles. The van der Waals surface area contributed by atoms with Crippen molar-refractivity contribution in [2.24, 2.45) is 0 Å². The highest BCUT2D eigenvalue weighted by atomic mass is 16.2. The quantitative estimate of drug-likeness (QED) is 0.484. The van der Waals surface area contributed by atoms with Crippen LogP contribution in [0.15, 0.2) is 58.3 Å². The van der Waals surface area contributed by atoms with Crippen LogP contribution in [0.5, 0.6) is 0 Å². The van der Waals surface area contributed by atoms with E-state index in [-0.39, 0.29) is 17.3 Å². The number of nitrogens with two attached hydrogens (primary N) is 1. The predicted octanol–water partition coefficient (Wildman–Crippen LogP) is 1.30. The second-order valence-corrected chi connectivity index (χ2v) is 7.62. The van der Waals surface area contributed by atoms with Crippen LogP contribution in [-0.4, -0.2) is 22.4 Å². The molecular weight excluding hydrogens is 394 g/mol. The molecule has 1 aromatic heterocycles. The SMILES string of the molecule is Nc1c(N2CCc3ccc(CNC(=O)c4cnc5ccccc5n4)cc3C2)c(=O)c1=O. The first kappa shape index (κ1) is 18.9. The van der Waals surface area contributed by atoms with Crippen LogP contribution in [0.1, 0.15) is 27.2 Å². The minimum Gasteiger partial charge on any atom is -0.394 e. The average Bonchev–Trinajstić information content (AvgIpc) is 2.81. The summed E-state index contributed by atoms with van der Waals surface area (Å²) in [5.41, 5.74) is 9.81. The van der Waals surface area contributed by atoms with Crippen LogP contribution < -0.4 is 26.8 Å². The molecule has 0 spiro atoms. The van der Waals surface area contributed by atoms with Gasteiger partial charge in [0, 0.05) is 19.6 Å². The number of anilines is 2. The first-order valence-corrected chi connectivity index (χ1v) is 9.95. The van der Waals surface area contributed by atoms with Crippen molar-refractivity contribution in [3.05, 3.63) is 91.5 Å². The monoisotopic (exact) mass is 413 g/mol. The van der Waals surface area contributed by atoms with Gasteiger partial charge >= 0.3 is 0 Å². The number of amides is 1. The standard InChI is InChI=1S/C23H19N5O3/c24-19-20(22(30)21(19)29)28-8-7-14-6-5-13(9-15(14)12-28)10-26-23(31)18-11-25-16-3-1-2-4-17(16)27-18/h1-6,9,11H,7-8,10,12,24H2,(H,26,31). The van der Waals surface area contributed by atoms with Gasteiger partial charge in [0.1, 0.15) is 17.1 Å². The van der Waals surface area contributed by atoms with Crippen LogP contribution in [0.2, 0.25) is 0 Å². The number of rotatable bonds is 4. The van der Waals surface area contributed by atoms with Gasteiger partial charge in [-0.1, -0.05) is 30.3 Å². The van der Waals surface area contributed by atoms with Crippen molar-refractivity contribution in [1.82, 2.24) is 15.3 Å². The van der Waals surface area contributed by atoms with Gasteiger partial charge in [0.05, 0.1) is 17.2 Å². The highest BCUT2D eigenvalue weighted by Crippen LogP contribution is 2.26. The third kappa shape index (κ3) is 3.31. The molecule has 3 N–H and O–H groups in total. The van der Waals surface area contributed by atoms with E-state index in [0.717, 1.165) is 23.1 Å². The minimum absolute atomic E-state index is 0.0494. The topological polar surface area (TPSA) is 118 Å². The van der Waals surface area contributed by atoms with Gasteiger partial charge in [0.2, 0.25) is 0 Å². The third-order valence-corrected chi connectivity index (χ3v) is 5.65. The van der Waals surface area contributed by atoms with Crippen LogP contribution in [-0.2, 0) is 19.5 Å². The van der Waals surface area contributed by atoms with E-state index in [1.54, 1.807) is 0 Å². The molecule has 8 heteroatoms. The van der Waals surface area contributed by atoms with Crippen LogP contribution in [0, 0.1) is 0 Å². The molecule has 2 heterocycles. The average molecular weight is 413 g/mol. The van der Waals surface area contributed by atoms with Gasteiger partial charge in [-0.25, -0.2) is 4.98 Å². The molecule has 0 unspecified atom stereocenters. The zero-order valence-electron chi connectivity index (χ0n) is 16.6. The first-order valence-electron chi connectivity index (χ1n) is 9.95. The normalized spacial score (nSPS) is 13.4. The van der Waals surface area contributed by atoms with E-state index >= 15 is 0 Å². The summed E-state index contributed by atoms with van der Waals surface area (Å²) in [6.07, 6.45) is 2.23. The highest BCUT2D eigenvalue weighted by molar-refractivity contribution is 5.93. The molecule has 0 radical (unpaired) electrons. The fourth-order valence-electron chi connectivity index (χ4n) is 3.96. The Balaban J connectivity index is 1.30. The zero-order valence-corrected chi connectivity index (χ0v) is 16.6. The van der Waals surface area contributed by atoms with Crippen molar-refractivity contribution in [2.45, 2.75) is 19.5 Å². The van der Waals surface area contributed by atoms with E-state index in [2.05, 4.69) is 15.3 Å². The molecule has 0 saturated carbocycles. The van der Waals surface area contributed by atoms with Gasteiger partial charge in [-0.05, 0) is 35.2 Å².